The van der Waals surface area contributed by atoms with Crippen molar-refractivity contribution in [3.05, 3.63) is 29.8 Å². The second kappa shape index (κ2) is 9.27. The summed E-state index contributed by atoms with van der Waals surface area (Å²) >= 11 is 1.47. The number of benzene rings is 1. The molecule has 8 heteroatoms. The Morgan fingerprint density at radius 2 is 1.96 bits per heavy atom. The molecule has 0 spiro atoms. The number of hydrogen-bond acceptors (Lipinski definition) is 6. The number of ether oxygens (including phenoxy) is 1. The number of rotatable bonds is 9. The summed E-state index contributed by atoms with van der Waals surface area (Å²) in [6.07, 6.45) is 1.86. The number of amides is 1. The van der Waals surface area contributed by atoms with Crippen molar-refractivity contribution in [2.75, 3.05) is 32.3 Å². The third kappa shape index (κ3) is 5.80. The van der Waals surface area contributed by atoms with Crippen LogP contribution >= 0.6 is 11.8 Å². The highest BCUT2D eigenvalue weighted by molar-refractivity contribution is 7.99. The van der Waals surface area contributed by atoms with Crippen molar-refractivity contribution in [2.24, 2.45) is 0 Å². The van der Waals surface area contributed by atoms with Crippen molar-refractivity contribution in [1.82, 2.24) is 5.32 Å². The molecule has 2 N–H and O–H groups in total. The minimum absolute atomic E-state index is 0.0285. The largest absolute Gasteiger partial charge is 0.395 e. The third-order valence-corrected chi connectivity index (χ3v) is 6.29. The number of carbonyl (C=O) groups is 1. The zero-order valence-electron chi connectivity index (χ0n) is 13.5. The van der Waals surface area contributed by atoms with Gasteiger partial charge in [0, 0.05) is 24.0 Å². The van der Waals surface area contributed by atoms with Crippen LogP contribution < -0.4 is 5.32 Å². The molecule has 0 fully saturated rings. The lowest BCUT2D eigenvalue weighted by molar-refractivity contribution is 0.0936. The average molecular weight is 361 g/mol. The molecule has 2 atom stereocenters. The Hall–Kier alpha value is -1.09. The molecule has 0 saturated carbocycles. The number of aliphatic hydroxyl groups is 1. The van der Waals surface area contributed by atoms with E-state index < -0.39 is 9.84 Å². The van der Waals surface area contributed by atoms with E-state index in [-0.39, 0.29) is 41.1 Å². The highest BCUT2D eigenvalue weighted by Gasteiger charge is 2.19. The maximum absolute atomic E-state index is 12.2. The highest BCUT2D eigenvalue weighted by Crippen LogP contribution is 2.14. The maximum Gasteiger partial charge on any atom is 0.251 e. The number of thioether (sulfide) groups is 1. The summed E-state index contributed by atoms with van der Waals surface area (Å²) in [6, 6.07) is 5.60. The molecule has 6 nitrogen and oxygen atoms in total. The van der Waals surface area contributed by atoms with Gasteiger partial charge in [-0.2, -0.15) is 11.8 Å². The molecule has 0 radical (unpaired) electrons. The molecule has 0 saturated heterocycles. The Balaban J connectivity index is 2.78. The summed E-state index contributed by atoms with van der Waals surface area (Å²) < 4.78 is 28.8. The molecule has 0 bridgehead atoms. The van der Waals surface area contributed by atoms with Gasteiger partial charge in [-0.05, 0) is 37.4 Å². The number of aliphatic hydroxyl groups excluding tert-OH is 1. The smallest absolute Gasteiger partial charge is 0.251 e. The van der Waals surface area contributed by atoms with E-state index in [1.54, 1.807) is 0 Å². The lowest BCUT2D eigenvalue weighted by Crippen LogP contribution is -2.41. The van der Waals surface area contributed by atoms with Gasteiger partial charge in [-0.25, -0.2) is 8.42 Å². The summed E-state index contributed by atoms with van der Waals surface area (Å²) in [7, 11) is -1.96. The second-order valence-electron chi connectivity index (χ2n) is 5.05. The number of methoxy groups -OCH3 is 1. The fraction of sp³-hybridized carbons (Fsp3) is 0.533. The van der Waals surface area contributed by atoms with Gasteiger partial charge in [0.2, 0.25) is 0 Å². The van der Waals surface area contributed by atoms with E-state index in [2.05, 4.69) is 5.32 Å². The molecule has 23 heavy (non-hydrogen) atoms. The molecular formula is C15H23NO5S2. The molecule has 0 aliphatic carbocycles. The summed E-state index contributed by atoms with van der Waals surface area (Å²) in [4.78, 5) is 12.3. The van der Waals surface area contributed by atoms with Gasteiger partial charge in [0.25, 0.3) is 5.91 Å². The fourth-order valence-corrected chi connectivity index (χ4v) is 3.74. The van der Waals surface area contributed by atoms with Crippen LogP contribution in [0.2, 0.25) is 0 Å². The van der Waals surface area contributed by atoms with E-state index >= 15 is 0 Å². The molecule has 0 aliphatic heterocycles. The molecule has 1 aromatic rings. The predicted molar refractivity (Wildman–Crippen MR) is 91.7 cm³/mol. The zero-order chi connectivity index (χ0) is 17.5. The number of hydrogen-bond donors (Lipinski definition) is 2. The first-order valence-electron chi connectivity index (χ1n) is 7.12. The molecule has 0 aromatic heterocycles. The lowest BCUT2D eigenvalue weighted by atomic mass is 10.2. The number of sulfone groups is 1. The van der Waals surface area contributed by atoms with E-state index in [1.807, 2.05) is 13.2 Å². The van der Waals surface area contributed by atoms with Gasteiger partial charge in [-0.15, -0.1) is 0 Å². The number of nitrogens with one attached hydrogen (secondary N) is 1. The van der Waals surface area contributed by atoms with Gasteiger partial charge in [-0.1, -0.05) is 0 Å². The molecule has 130 valence electrons. The van der Waals surface area contributed by atoms with Gasteiger partial charge in [-0.3, -0.25) is 4.79 Å². The fourth-order valence-electron chi connectivity index (χ4n) is 1.94. The molecule has 0 heterocycles. The SMILES string of the molecule is COCCS(=O)(=O)c1ccc(C(=O)NC(C)C(CO)SC)cc1. The maximum atomic E-state index is 12.2. The molecule has 1 amide bonds. The van der Waals surface area contributed by atoms with Crippen molar-refractivity contribution < 1.29 is 23.1 Å². The standard InChI is InChI=1S/C15H23NO5S2/c1-11(14(10-17)22-3)16-15(18)12-4-6-13(7-5-12)23(19,20)9-8-21-2/h4-7,11,14,17H,8-10H2,1-3H3,(H,16,18). The van der Waals surface area contributed by atoms with Crippen LogP contribution in [0, 0.1) is 0 Å². The molecular weight excluding hydrogens is 338 g/mol. The first kappa shape index (κ1) is 20.0. The summed E-state index contributed by atoms with van der Waals surface area (Å²) in [6.45, 7) is 1.91. The Kier molecular flexibility index (Phi) is 8.04. The van der Waals surface area contributed by atoms with Crippen molar-refractivity contribution in [3.63, 3.8) is 0 Å². The van der Waals surface area contributed by atoms with Crippen LogP contribution in [-0.4, -0.2) is 63.1 Å². The van der Waals surface area contributed by atoms with E-state index in [1.165, 1.54) is 43.1 Å². The number of carbonyl (C=O) groups excluding carboxylic acids is 1. The van der Waals surface area contributed by atoms with Crippen LogP contribution in [0.1, 0.15) is 17.3 Å². The molecule has 0 aliphatic rings. The summed E-state index contributed by atoms with van der Waals surface area (Å²) in [5.41, 5.74) is 0.375. The lowest BCUT2D eigenvalue weighted by Gasteiger charge is -2.21. The first-order chi connectivity index (χ1) is 10.9. The van der Waals surface area contributed by atoms with Gasteiger partial charge >= 0.3 is 0 Å². The molecule has 1 rings (SSSR count). The van der Waals surface area contributed by atoms with Gasteiger partial charge in [0.1, 0.15) is 0 Å². The average Bonchev–Trinajstić information content (AvgIpc) is 2.54. The minimum Gasteiger partial charge on any atom is -0.395 e. The van der Waals surface area contributed by atoms with Gasteiger partial charge < -0.3 is 15.2 Å². The topological polar surface area (TPSA) is 92.7 Å². The minimum atomic E-state index is -3.40. The quantitative estimate of drug-likeness (QED) is 0.680. The highest BCUT2D eigenvalue weighted by atomic mass is 32.2. The normalized spacial score (nSPS) is 14.3. The van der Waals surface area contributed by atoms with Crippen LogP contribution in [0.15, 0.2) is 29.2 Å². The molecule has 2 unspecified atom stereocenters. The summed E-state index contributed by atoms with van der Waals surface area (Å²) in [5, 5.41) is 11.9. The summed E-state index contributed by atoms with van der Waals surface area (Å²) in [5.74, 6) is -0.399. The van der Waals surface area contributed by atoms with E-state index in [0.29, 0.717) is 5.56 Å². The van der Waals surface area contributed by atoms with E-state index in [0.717, 1.165) is 0 Å². The second-order valence-corrected chi connectivity index (χ2v) is 8.24. The van der Waals surface area contributed by atoms with Crippen molar-refractivity contribution in [3.8, 4) is 0 Å². The van der Waals surface area contributed by atoms with Crippen LogP contribution in [0.3, 0.4) is 0 Å². The van der Waals surface area contributed by atoms with Crippen LogP contribution in [0.25, 0.3) is 0 Å². The predicted octanol–water partition coefficient (Wildman–Crippen LogP) is 0.949. The Morgan fingerprint density at radius 3 is 2.43 bits per heavy atom. The van der Waals surface area contributed by atoms with E-state index in [9.17, 15) is 18.3 Å². The van der Waals surface area contributed by atoms with E-state index in [4.69, 9.17) is 4.74 Å². The monoisotopic (exact) mass is 361 g/mol. The first-order valence-corrected chi connectivity index (χ1v) is 10.1. The Morgan fingerprint density at radius 1 is 1.35 bits per heavy atom. The van der Waals surface area contributed by atoms with Crippen molar-refractivity contribution in [2.45, 2.75) is 23.1 Å². The zero-order valence-corrected chi connectivity index (χ0v) is 15.1. The third-order valence-electron chi connectivity index (χ3n) is 3.43. The van der Waals surface area contributed by atoms with Crippen LogP contribution in [-0.2, 0) is 14.6 Å². The Bertz CT molecular complexity index is 597. The van der Waals surface area contributed by atoms with Crippen molar-refractivity contribution in [1.29, 1.82) is 0 Å². The van der Waals surface area contributed by atoms with Crippen molar-refractivity contribution >= 4 is 27.5 Å². The van der Waals surface area contributed by atoms with Crippen LogP contribution in [0.4, 0.5) is 0 Å². The van der Waals surface area contributed by atoms with Gasteiger partial charge in [0.05, 0.1) is 23.9 Å². The van der Waals surface area contributed by atoms with Gasteiger partial charge in [0.15, 0.2) is 9.84 Å². The molecule has 1 aromatic carbocycles. The Labute approximate surface area is 141 Å². The van der Waals surface area contributed by atoms with Crippen LogP contribution in [0.5, 0.6) is 0 Å².